The Bertz CT molecular complexity index is 1020. The van der Waals surface area contributed by atoms with Gasteiger partial charge in [-0.2, -0.15) is 0 Å². The van der Waals surface area contributed by atoms with Gasteiger partial charge in [0.1, 0.15) is 5.75 Å². The Morgan fingerprint density at radius 1 is 1.04 bits per heavy atom. The molecule has 142 valence electrons. The molecule has 0 bridgehead atoms. The fourth-order valence-corrected chi connectivity index (χ4v) is 4.91. The first-order chi connectivity index (χ1) is 12.8. The van der Waals surface area contributed by atoms with Crippen LogP contribution in [0.1, 0.15) is 42.4 Å². The highest BCUT2D eigenvalue weighted by molar-refractivity contribution is 7.88. The van der Waals surface area contributed by atoms with E-state index in [2.05, 4.69) is 6.07 Å². The maximum atomic E-state index is 11.3. The molecule has 2 aliphatic rings. The first-order valence-corrected chi connectivity index (χ1v) is 11.0. The van der Waals surface area contributed by atoms with Crippen LogP contribution in [0.15, 0.2) is 42.5 Å². The molecule has 2 aromatic carbocycles. The van der Waals surface area contributed by atoms with Crippen molar-refractivity contribution in [3.05, 3.63) is 64.2 Å². The minimum absolute atomic E-state index is 0.142. The van der Waals surface area contributed by atoms with Crippen molar-refractivity contribution in [2.75, 3.05) is 7.11 Å². The lowest BCUT2D eigenvalue weighted by atomic mass is 9.96. The molecule has 0 amide bonds. The van der Waals surface area contributed by atoms with Gasteiger partial charge in [-0.3, -0.25) is 0 Å². The van der Waals surface area contributed by atoms with Gasteiger partial charge in [0.2, 0.25) is 10.0 Å². The maximum Gasteiger partial charge on any atom is 0.213 e. The largest absolute Gasteiger partial charge is 0.495 e. The van der Waals surface area contributed by atoms with E-state index in [-0.39, 0.29) is 5.75 Å². The second kappa shape index (κ2) is 6.66. The van der Waals surface area contributed by atoms with Gasteiger partial charge in [-0.05, 0) is 71.1 Å². The second-order valence-electron chi connectivity index (χ2n) is 7.66. The Kier molecular flexibility index (Phi) is 4.57. The average molecular weight is 404 g/mol. The number of methoxy groups -OCH3 is 1. The van der Waals surface area contributed by atoms with Crippen molar-refractivity contribution in [2.45, 2.75) is 31.4 Å². The molecule has 0 atom stereocenters. The number of ether oxygens (including phenoxy) is 1. The summed E-state index contributed by atoms with van der Waals surface area (Å²) in [6.07, 6.45) is 4.63. The lowest BCUT2D eigenvalue weighted by Crippen LogP contribution is -2.14. The van der Waals surface area contributed by atoms with E-state index in [1.807, 2.05) is 36.4 Å². The van der Waals surface area contributed by atoms with Gasteiger partial charge in [0.05, 0.1) is 17.9 Å². The average Bonchev–Trinajstić information content (AvgIpc) is 3.25. The van der Waals surface area contributed by atoms with Crippen LogP contribution in [0.4, 0.5) is 0 Å². The molecule has 2 aliphatic carbocycles. The number of hydrogen-bond acceptors (Lipinski definition) is 3. The molecule has 0 radical (unpaired) electrons. The van der Waals surface area contributed by atoms with E-state index < -0.39 is 10.0 Å². The second-order valence-corrected chi connectivity index (χ2v) is 9.69. The van der Waals surface area contributed by atoms with Gasteiger partial charge >= 0.3 is 0 Å². The molecule has 1 fully saturated rings. The summed E-state index contributed by atoms with van der Waals surface area (Å²) in [5.41, 5.74) is 6.03. The highest BCUT2D eigenvalue weighted by Crippen LogP contribution is 2.63. The standard InChI is InChI=1S/C21H22ClNO3S/c1-26-20-7-6-16(10-19(20)22)18-12-21(8-9-21)11-17(18)15-4-2-14(3-5-15)13-27(23,24)25/h2-7,10H,8-9,11-13H2,1H3,(H2,23,24,25). The zero-order chi connectivity index (χ0) is 19.2. The quantitative estimate of drug-likeness (QED) is 0.791. The molecule has 4 rings (SSSR count). The molecule has 2 aromatic rings. The molecule has 0 aromatic heterocycles. The monoisotopic (exact) mass is 403 g/mol. The molecule has 0 aliphatic heterocycles. The van der Waals surface area contributed by atoms with Gasteiger partial charge in [0.15, 0.2) is 0 Å². The van der Waals surface area contributed by atoms with Crippen LogP contribution in [0.25, 0.3) is 11.1 Å². The van der Waals surface area contributed by atoms with Gasteiger partial charge in [-0.1, -0.05) is 41.9 Å². The van der Waals surface area contributed by atoms with Crippen LogP contribution >= 0.6 is 11.6 Å². The Morgan fingerprint density at radius 2 is 1.63 bits per heavy atom. The summed E-state index contributed by atoms with van der Waals surface area (Å²) in [6.45, 7) is 0. The minimum atomic E-state index is -3.52. The topological polar surface area (TPSA) is 69.4 Å². The van der Waals surface area contributed by atoms with Crippen molar-refractivity contribution in [3.63, 3.8) is 0 Å². The smallest absolute Gasteiger partial charge is 0.213 e. The molecule has 0 unspecified atom stereocenters. The Labute approximate surface area is 165 Å². The minimum Gasteiger partial charge on any atom is -0.495 e. The number of primary sulfonamides is 1. The zero-order valence-corrected chi connectivity index (χ0v) is 16.7. The number of hydrogen-bond donors (Lipinski definition) is 1. The fourth-order valence-electron chi connectivity index (χ4n) is 4.00. The molecule has 27 heavy (non-hydrogen) atoms. The van der Waals surface area contributed by atoms with Crippen LogP contribution in [-0.2, 0) is 15.8 Å². The van der Waals surface area contributed by atoms with E-state index in [4.69, 9.17) is 21.5 Å². The van der Waals surface area contributed by atoms with Crippen LogP contribution in [0.2, 0.25) is 5.02 Å². The third-order valence-corrected chi connectivity index (χ3v) is 6.63. The lowest BCUT2D eigenvalue weighted by Gasteiger charge is -2.11. The highest BCUT2D eigenvalue weighted by Gasteiger charge is 2.48. The third kappa shape index (κ3) is 3.91. The normalized spacial score (nSPS) is 18.2. The summed E-state index contributed by atoms with van der Waals surface area (Å²) < 4.78 is 27.9. The van der Waals surface area contributed by atoms with Crippen molar-refractivity contribution >= 4 is 32.8 Å². The Hall–Kier alpha value is -1.82. The van der Waals surface area contributed by atoms with E-state index in [0.29, 0.717) is 21.8 Å². The molecule has 1 spiro atoms. The summed E-state index contributed by atoms with van der Waals surface area (Å²) >= 11 is 6.35. The van der Waals surface area contributed by atoms with Crippen molar-refractivity contribution in [1.29, 1.82) is 0 Å². The fraction of sp³-hybridized carbons (Fsp3) is 0.333. The summed E-state index contributed by atoms with van der Waals surface area (Å²) in [4.78, 5) is 0. The van der Waals surface area contributed by atoms with Crippen molar-refractivity contribution < 1.29 is 13.2 Å². The van der Waals surface area contributed by atoms with Gasteiger partial charge < -0.3 is 4.74 Å². The van der Waals surface area contributed by atoms with Crippen LogP contribution in [-0.4, -0.2) is 15.5 Å². The summed E-state index contributed by atoms with van der Waals surface area (Å²) in [5.74, 6) is 0.533. The van der Waals surface area contributed by atoms with Gasteiger partial charge in [-0.25, -0.2) is 13.6 Å². The molecule has 2 N–H and O–H groups in total. The molecule has 4 nitrogen and oxygen atoms in total. The van der Waals surface area contributed by atoms with Crippen LogP contribution in [0.3, 0.4) is 0 Å². The first-order valence-electron chi connectivity index (χ1n) is 8.94. The van der Waals surface area contributed by atoms with Crippen LogP contribution < -0.4 is 9.88 Å². The molecular weight excluding hydrogens is 382 g/mol. The lowest BCUT2D eigenvalue weighted by molar-refractivity contribution is 0.415. The highest BCUT2D eigenvalue weighted by atomic mass is 35.5. The Balaban J connectivity index is 1.71. The number of sulfonamides is 1. The van der Waals surface area contributed by atoms with Gasteiger partial charge in [0.25, 0.3) is 0 Å². The van der Waals surface area contributed by atoms with E-state index in [1.54, 1.807) is 7.11 Å². The first kappa shape index (κ1) is 18.5. The van der Waals surface area contributed by atoms with Gasteiger partial charge in [0, 0.05) is 0 Å². The van der Waals surface area contributed by atoms with Crippen molar-refractivity contribution in [1.82, 2.24) is 0 Å². The van der Waals surface area contributed by atoms with Gasteiger partial charge in [-0.15, -0.1) is 0 Å². The van der Waals surface area contributed by atoms with E-state index in [0.717, 1.165) is 24.0 Å². The predicted molar refractivity (Wildman–Crippen MR) is 109 cm³/mol. The number of allylic oxidation sites excluding steroid dienone is 2. The number of benzene rings is 2. The summed E-state index contributed by atoms with van der Waals surface area (Å²) in [7, 11) is -1.91. The number of nitrogens with two attached hydrogens (primary N) is 1. The number of halogens is 1. The predicted octanol–water partition coefficient (Wildman–Crippen LogP) is 4.62. The Morgan fingerprint density at radius 3 is 2.15 bits per heavy atom. The SMILES string of the molecule is COc1ccc(C2=C(c3ccc(CS(N)(=O)=O)cc3)CC3(CC3)C2)cc1Cl. The van der Waals surface area contributed by atoms with Crippen molar-refractivity contribution in [2.24, 2.45) is 10.6 Å². The van der Waals surface area contributed by atoms with Crippen molar-refractivity contribution in [3.8, 4) is 5.75 Å². The maximum absolute atomic E-state index is 11.3. The summed E-state index contributed by atoms with van der Waals surface area (Å²) in [5, 5.41) is 5.76. The van der Waals surface area contributed by atoms with Crippen LogP contribution in [0.5, 0.6) is 5.75 Å². The summed E-state index contributed by atoms with van der Waals surface area (Å²) in [6, 6.07) is 13.7. The third-order valence-electron chi connectivity index (χ3n) is 5.60. The van der Waals surface area contributed by atoms with Crippen LogP contribution in [0, 0.1) is 5.41 Å². The molecule has 0 heterocycles. The van der Waals surface area contributed by atoms with E-state index >= 15 is 0 Å². The number of rotatable bonds is 5. The zero-order valence-electron chi connectivity index (χ0n) is 15.2. The molecular formula is C21H22ClNO3S. The molecule has 6 heteroatoms. The molecule has 0 saturated heterocycles. The van der Waals surface area contributed by atoms with E-state index in [1.165, 1.54) is 24.0 Å². The molecule has 1 saturated carbocycles. The van der Waals surface area contributed by atoms with E-state index in [9.17, 15) is 8.42 Å².